The molecule has 0 atom stereocenters. The molecule has 54 valence electrons. The zero-order valence-electron chi connectivity index (χ0n) is 6.03. The van der Waals surface area contributed by atoms with Gasteiger partial charge in [-0.3, -0.25) is 4.57 Å². The second-order valence-electron chi connectivity index (χ2n) is 2.07. The van der Waals surface area contributed by atoms with Crippen molar-refractivity contribution >= 4 is 0 Å². The third-order valence-electron chi connectivity index (χ3n) is 1.27. The van der Waals surface area contributed by atoms with E-state index >= 15 is 0 Å². The first-order valence-electron chi connectivity index (χ1n) is 3.13. The van der Waals surface area contributed by atoms with Crippen molar-refractivity contribution < 1.29 is 0 Å². The highest BCUT2D eigenvalue weighted by Crippen LogP contribution is 1.86. The van der Waals surface area contributed by atoms with E-state index in [-0.39, 0.29) is 5.69 Å². The molecule has 0 unspecified atom stereocenters. The van der Waals surface area contributed by atoms with Gasteiger partial charge in [-0.1, -0.05) is 12.0 Å². The zero-order valence-corrected chi connectivity index (χ0v) is 6.03. The van der Waals surface area contributed by atoms with E-state index in [2.05, 4.69) is 10.2 Å². The summed E-state index contributed by atoms with van der Waals surface area (Å²) in [5.74, 6) is 0. The minimum atomic E-state index is -0.308. The van der Waals surface area contributed by atoms with Crippen LogP contribution in [0.4, 0.5) is 0 Å². The summed E-state index contributed by atoms with van der Waals surface area (Å²) < 4.78 is 1.42. The van der Waals surface area contributed by atoms with E-state index in [0.717, 1.165) is 12.1 Å². The van der Waals surface area contributed by atoms with E-state index in [0.29, 0.717) is 0 Å². The van der Waals surface area contributed by atoms with Crippen molar-refractivity contribution in [2.24, 2.45) is 7.05 Å². The topological polar surface area (TPSA) is 47.8 Å². The van der Waals surface area contributed by atoms with E-state index in [9.17, 15) is 4.79 Å². The molecule has 1 aromatic heterocycles. The minimum Gasteiger partial charge on any atom is -0.299 e. The normalized spacial score (nSPS) is 9.80. The molecule has 4 nitrogen and oxygen atoms in total. The molecule has 0 aliphatic rings. The number of hydrogen-bond donors (Lipinski definition) is 0. The van der Waals surface area contributed by atoms with Gasteiger partial charge in [0, 0.05) is 13.2 Å². The summed E-state index contributed by atoms with van der Waals surface area (Å²) in [5, 5.41) is 7.08. The lowest BCUT2D eigenvalue weighted by molar-refractivity contribution is 0.725. The standard InChI is InChI=1S/C6H9N3O/c1-3-5-4-9(2)6(10)8-7-5/h4H,3H2,1-2H3. The molecule has 0 radical (unpaired) electrons. The fourth-order valence-electron chi connectivity index (χ4n) is 0.644. The lowest BCUT2D eigenvalue weighted by Crippen LogP contribution is -2.21. The molecule has 10 heavy (non-hydrogen) atoms. The molecule has 0 amide bonds. The quantitative estimate of drug-likeness (QED) is 0.538. The van der Waals surface area contributed by atoms with Crippen LogP contribution in [0, 0.1) is 0 Å². The van der Waals surface area contributed by atoms with Crippen LogP contribution in [0.5, 0.6) is 0 Å². The maximum absolute atomic E-state index is 10.7. The average molecular weight is 139 g/mol. The van der Waals surface area contributed by atoms with E-state index in [1.54, 1.807) is 13.2 Å². The molecule has 0 aliphatic carbocycles. The molecule has 1 rings (SSSR count). The van der Waals surface area contributed by atoms with Crippen molar-refractivity contribution in [3.05, 3.63) is 22.4 Å². The van der Waals surface area contributed by atoms with E-state index < -0.39 is 0 Å². The smallest absolute Gasteiger partial charge is 0.299 e. The van der Waals surface area contributed by atoms with Gasteiger partial charge in [-0.2, -0.15) is 0 Å². The summed E-state index contributed by atoms with van der Waals surface area (Å²) >= 11 is 0. The molecular formula is C6H9N3O. The Bertz CT molecular complexity index is 279. The van der Waals surface area contributed by atoms with Gasteiger partial charge in [-0.25, -0.2) is 4.79 Å². The zero-order chi connectivity index (χ0) is 7.56. The van der Waals surface area contributed by atoms with Gasteiger partial charge in [0.25, 0.3) is 0 Å². The Kier molecular flexibility index (Phi) is 1.80. The van der Waals surface area contributed by atoms with Crippen molar-refractivity contribution in [3.63, 3.8) is 0 Å². The number of nitrogens with zero attached hydrogens (tertiary/aromatic N) is 3. The Balaban J connectivity index is 3.17. The lowest BCUT2D eigenvalue weighted by atomic mass is 10.4. The van der Waals surface area contributed by atoms with Crippen molar-refractivity contribution in [3.8, 4) is 0 Å². The molecule has 1 heterocycles. The van der Waals surface area contributed by atoms with Gasteiger partial charge in [0.15, 0.2) is 0 Å². The largest absolute Gasteiger partial charge is 0.365 e. The third-order valence-corrected chi connectivity index (χ3v) is 1.27. The van der Waals surface area contributed by atoms with Crippen LogP contribution in [0.25, 0.3) is 0 Å². The molecule has 0 bridgehead atoms. The molecule has 4 heteroatoms. The summed E-state index contributed by atoms with van der Waals surface area (Å²) in [5.41, 5.74) is 0.527. The van der Waals surface area contributed by atoms with Gasteiger partial charge < -0.3 is 0 Å². The van der Waals surface area contributed by atoms with Crippen LogP contribution in [-0.2, 0) is 13.5 Å². The number of hydrogen-bond acceptors (Lipinski definition) is 3. The van der Waals surface area contributed by atoms with Gasteiger partial charge in [0.05, 0.1) is 5.69 Å². The molecule has 0 aromatic carbocycles. The highest BCUT2D eigenvalue weighted by Gasteiger charge is 1.93. The Morgan fingerprint density at radius 2 is 2.30 bits per heavy atom. The van der Waals surface area contributed by atoms with Gasteiger partial charge in [-0.05, 0) is 6.42 Å². The van der Waals surface area contributed by atoms with Crippen LogP contribution in [0.1, 0.15) is 12.6 Å². The van der Waals surface area contributed by atoms with Crippen molar-refractivity contribution in [1.82, 2.24) is 14.8 Å². The predicted molar refractivity (Wildman–Crippen MR) is 36.7 cm³/mol. The Morgan fingerprint density at radius 3 is 2.80 bits per heavy atom. The summed E-state index contributed by atoms with van der Waals surface area (Å²) in [6.07, 6.45) is 2.50. The number of rotatable bonds is 1. The molecule has 0 saturated heterocycles. The highest BCUT2D eigenvalue weighted by atomic mass is 16.1. The second kappa shape index (κ2) is 2.60. The van der Waals surface area contributed by atoms with Crippen LogP contribution < -0.4 is 5.69 Å². The van der Waals surface area contributed by atoms with Crippen LogP contribution in [-0.4, -0.2) is 14.8 Å². The second-order valence-corrected chi connectivity index (χ2v) is 2.07. The summed E-state index contributed by atoms with van der Waals surface area (Å²) in [6.45, 7) is 1.97. The number of aromatic nitrogens is 3. The summed E-state index contributed by atoms with van der Waals surface area (Å²) in [4.78, 5) is 10.7. The first-order chi connectivity index (χ1) is 4.74. The van der Waals surface area contributed by atoms with Crippen molar-refractivity contribution in [2.75, 3.05) is 0 Å². The van der Waals surface area contributed by atoms with Crippen LogP contribution >= 0.6 is 0 Å². The average Bonchev–Trinajstić information content (AvgIpc) is 1.95. The SMILES string of the molecule is CCc1cn(C)c(=O)nn1. The molecule has 0 fully saturated rings. The number of aryl methyl sites for hydroxylation is 2. The van der Waals surface area contributed by atoms with Crippen LogP contribution in [0.15, 0.2) is 11.0 Å². The minimum absolute atomic E-state index is 0.308. The summed E-state index contributed by atoms with van der Waals surface area (Å²) in [6, 6.07) is 0. The van der Waals surface area contributed by atoms with E-state index in [4.69, 9.17) is 0 Å². The summed E-state index contributed by atoms with van der Waals surface area (Å²) in [7, 11) is 1.66. The van der Waals surface area contributed by atoms with Gasteiger partial charge in [0.2, 0.25) is 0 Å². The van der Waals surface area contributed by atoms with Crippen molar-refractivity contribution in [1.29, 1.82) is 0 Å². The van der Waals surface area contributed by atoms with Gasteiger partial charge in [0.1, 0.15) is 0 Å². The molecule has 0 N–H and O–H groups in total. The highest BCUT2D eigenvalue weighted by molar-refractivity contribution is 4.90. The van der Waals surface area contributed by atoms with E-state index in [1.807, 2.05) is 6.92 Å². The molecule has 0 aliphatic heterocycles. The van der Waals surface area contributed by atoms with E-state index in [1.165, 1.54) is 4.57 Å². The predicted octanol–water partition coefficient (Wildman–Crippen LogP) is -0.262. The Labute approximate surface area is 58.5 Å². The van der Waals surface area contributed by atoms with Gasteiger partial charge in [-0.15, -0.1) is 5.10 Å². The van der Waals surface area contributed by atoms with Crippen LogP contribution in [0.2, 0.25) is 0 Å². The Morgan fingerprint density at radius 1 is 1.60 bits per heavy atom. The maximum Gasteiger partial charge on any atom is 0.365 e. The maximum atomic E-state index is 10.7. The lowest BCUT2D eigenvalue weighted by Gasteiger charge is -1.95. The van der Waals surface area contributed by atoms with Crippen molar-refractivity contribution in [2.45, 2.75) is 13.3 Å². The fourth-order valence-corrected chi connectivity index (χ4v) is 0.644. The molecule has 0 spiro atoms. The fraction of sp³-hybridized carbons (Fsp3) is 0.500. The first kappa shape index (κ1) is 6.92. The van der Waals surface area contributed by atoms with Gasteiger partial charge >= 0.3 is 5.69 Å². The third kappa shape index (κ3) is 1.21. The molecular weight excluding hydrogens is 130 g/mol. The first-order valence-corrected chi connectivity index (χ1v) is 3.13. The monoisotopic (exact) mass is 139 g/mol. The molecule has 1 aromatic rings. The van der Waals surface area contributed by atoms with Crippen LogP contribution in [0.3, 0.4) is 0 Å². The molecule has 0 saturated carbocycles. The Hall–Kier alpha value is -1.19.